The van der Waals surface area contributed by atoms with Crippen LogP contribution in [-0.4, -0.2) is 23.1 Å². The van der Waals surface area contributed by atoms with E-state index in [0.29, 0.717) is 12.8 Å². The maximum atomic E-state index is 12.5. The minimum Gasteiger partial charge on any atom is -0.303 e. The van der Waals surface area contributed by atoms with Crippen LogP contribution >= 0.6 is 0 Å². The molecule has 0 saturated carbocycles. The molecule has 0 aliphatic carbocycles. The van der Waals surface area contributed by atoms with Crippen molar-refractivity contribution in [1.82, 2.24) is 5.32 Å². The number of hydrogen-bond donors (Lipinski definition) is 1. The number of ketones is 2. The zero-order valence-corrected chi connectivity index (χ0v) is 14.8. The molecule has 0 amide bonds. The third-order valence-corrected chi connectivity index (χ3v) is 3.16. The first-order chi connectivity index (χ1) is 8.64. The zero-order valence-electron chi connectivity index (χ0n) is 14.8. The maximum absolute atomic E-state index is 12.5. The summed E-state index contributed by atoms with van der Waals surface area (Å²) < 4.78 is 0. The Morgan fingerprint density at radius 1 is 0.857 bits per heavy atom. The number of Topliss-reactive ketones (excluding diaryl/α,β-unsaturated/α-hetero) is 2. The molecule has 21 heavy (non-hydrogen) atoms. The summed E-state index contributed by atoms with van der Waals surface area (Å²) in [4.78, 5) is 24.6. The summed E-state index contributed by atoms with van der Waals surface area (Å²) in [6.45, 7) is 17.7. The summed E-state index contributed by atoms with van der Waals surface area (Å²) >= 11 is 0. The molecule has 0 spiro atoms. The smallest absolute Gasteiger partial charge is 0.155 e. The van der Waals surface area contributed by atoms with E-state index in [1.807, 2.05) is 62.3 Å². The van der Waals surface area contributed by atoms with Gasteiger partial charge in [-0.3, -0.25) is 9.59 Å². The summed E-state index contributed by atoms with van der Waals surface area (Å²) in [6, 6.07) is -0.263. The number of nitrogens with one attached hydrogen (secondary N) is 1. The SMILES string of the molecule is C.CC(C)(C)N[C@@H](CCC(=O)C(C)(C)C)C(=O)C(C)(C)C. The van der Waals surface area contributed by atoms with Crippen molar-refractivity contribution in [3.63, 3.8) is 0 Å². The molecule has 126 valence electrons. The molecule has 3 heteroatoms. The van der Waals surface area contributed by atoms with Crippen LogP contribution in [0, 0.1) is 10.8 Å². The first kappa shape index (κ1) is 22.6. The van der Waals surface area contributed by atoms with E-state index in [-0.39, 0.29) is 36.0 Å². The van der Waals surface area contributed by atoms with Gasteiger partial charge in [0.25, 0.3) is 0 Å². The molecule has 1 atom stereocenters. The Kier molecular flexibility index (Phi) is 8.09. The molecule has 1 N–H and O–H groups in total. The van der Waals surface area contributed by atoms with Gasteiger partial charge in [-0.05, 0) is 27.2 Å². The molecular weight excluding hydrogens is 262 g/mol. The van der Waals surface area contributed by atoms with Crippen LogP contribution in [-0.2, 0) is 9.59 Å². The average Bonchev–Trinajstić information content (AvgIpc) is 2.18. The fourth-order valence-corrected chi connectivity index (χ4v) is 1.96. The third kappa shape index (κ3) is 9.02. The number of carbonyl (C=O) groups excluding carboxylic acids is 2. The van der Waals surface area contributed by atoms with E-state index in [1.54, 1.807) is 0 Å². The van der Waals surface area contributed by atoms with Crippen molar-refractivity contribution >= 4 is 11.6 Å². The van der Waals surface area contributed by atoms with Gasteiger partial charge in [0.15, 0.2) is 5.78 Å². The van der Waals surface area contributed by atoms with Crippen LogP contribution in [0.3, 0.4) is 0 Å². The van der Waals surface area contributed by atoms with E-state index in [1.165, 1.54) is 0 Å². The van der Waals surface area contributed by atoms with E-state index in [0.717, 1.165) is 0 Å². The van der Waals surface area contributed by atoms with Crippen LogP contribution in [0.15, 0.2) is 0 Å². The predicted octanol–water partition coefficient (Wildman–Crippen LogP) is 4.39. The molecular formula is C18H37NO2. The van der Waals surface area contributed by atoms with Crippen LogP contribution in [0.5, 0.6) is 0 Å². The summed E-state index contributed by atoms with van der Waals surface area (Å²) in [5.41, 5.74) is -0.874. The standard InChI is InChI=1S/C17H33NO2.CH4/c1-15(2,3)13(19)11-10-12(18-17(7,8)9)14(20)16(4,5)6;/h12,18H,10-11H2,1-9H3;1H4/t12-;/m0./s1. The van der Waals surface area contributed by atoms with Crippen LogP contribution in [0.1, 0.15) is 82.6 Å². The van der Waals surface area contributed by atoms with Gasteiger partial charge in [-0.2, -0.15) is 0 Å². The molecule has 0 unspecified atom stereocenters. The zero-order chi connectivity index (χ0) is 16.4. The molecule has 0 fully saturated rings. The lowest BCUT2D eigenvalue weighted by atomic mass is 9.81. The van der Waals surface area contributed by atoms with Gasteiger partial charge in [0.05, 0.1) is 6.04 Å². The highest BCUT2D eigenvalue weighted by molar-refractivity contribution is 5.90. The molecule has 0 aliphatic heterocycles. The summed E-state index contributed by atoms with van der Waals surface area (Å²) in [7, 11) is 0. The van der Waals surface area contributed by atoms with Crippen molar-refractivity contribution in [1.29, 1.82) is 0 Å². The molecule has 0 aromatic heterocycles. The fourth-order valence-electron chi connectivity index (χ4n) is 1.96. The second-order valence-corrected chi connectivity index (χ2v) is 8.77. The Hall–Kier alpha value is -0.700. The summed E-state index contributed by atoms with van der Waals surface area (Å²) in [6.07, 6.45) is 1.02. The van der Waals surface area contributed by atoms with Crippen LogP contribution in [0.2, 0.25) is 0 Å². The largest absolute Gasteiger partial charge is 0.303 e. The molecule has 0 aliphatic rings. The van der Waals surface area contributed by atoms with Crippen molar-refractivity contribution < 1.29 is 9.59 Å². The number of carbonyl (C=O) groups is 2. The van der Waals surface area contributed by atoms with Crippen LogP contribution in [0.4, 0.5) is 0 Å². The molecule has 0 bridgehead atoms. The lowest BCUT2D eigenvalue weighted by Gasteiger charge is -2.32. The topological polar surface area (TPSA) is 46.2 Å². The van der Waals surface area contributed by atoms with Gasteiger partial charge >= 0.3 is 0 Å². The third-order valence-electron chi connectivity index (χ3n) is 3.16. The maximum Gasteiger partial charge on any atom is 0.155 e. The van der Waals surface area contributed by atoms with Gasteiger partial charge in [0.1, 0.15) is 5.78 Å². The van der Waals surface area contributed by atoms with Crippen molar-refractivity contribution in [3.8, 4) is 0 Å². The van der Waals surface area contributed by atoms with E-state index in [9.17, 15) is 9.59 Å². The average molecular weight is 299 g/mol. The van der Waals surface area contributed by atoms with Gasteiger partial charge in [0.2, 0.25) is 0 Å². The Morgan fingerprint density at radius 3 is 1.57 bits per heavy atom. The minimum absolute atomic E-state index is 0. The van der Waals surface area contributed by atoms with Crippen molar-refractivity contribution in [2.45, 2.75) is 94.2 Å². The highest BCUT2D eigenvalue weighted by atomic mass is 16.1. The fraction of sp³-hybridized carbons (Fsp3) is 0.889. The molecule has 0 aromatic rings. The van der Waals surface area contributed by atoms with Crippen molar-refractivity contribution in [2.24, 2.45) is 10.8 Å². The van der Waals surface area contributed by atoms with E-state index < -0.39 is 5.41 Å². The highest BCUT2D eigenvalue weighted by Gasteiger charge is 2.33. The summed E-state index contributed by atoms with van der Waals surface area (Å²) in [5, 5.41) is 3.37. The van der Waals surface area contributed by atoms with Crippen LogP contribution < -0.4 is 5.32 Å². The second kappa shape index (κ2) is 7.53. The molecule has 0 aromatic carbocycles. The van der Waals surface area contributed by atoms with Crippen LogP contribution in [0.25, 0.3) is 0 Å². The lowest BCUT2D eigenvalue weighted by molar-refractivity contribution is -0.130. The van der Waals surface area contributed by atoms with Gasteiger partial charge in [-0.25, -0.2) is 0 Å². The Morgan fingerprint density at radius 2 is 1.29 bits per heavy atom. The molecule has 0 heterocycles. The van der Waals surface area contributed by atoms with Gasteiger partial charge in [-0.15, -0.1) is 0 Å². The number of rotatable bonds is 5. The first-order valence-electron chi connectivity index (χ1n) is 7.50. The van der Waals surface area contributed by atoms with Gasteiger partial charge in [-0.1, -0.05) is 49.0 Å². The summed E-state index contributed by atoms with van der Waals surface area (Å²) in [5.74, 6) is 0.383. The minimum atomic E-state index is -0.395. The Labute approximate surface area is 132 Å². The molecule has 0 rings (SSSR count). The van der Waals surface area contributed by atoms with Gasteiger partial charge in [0, 0.05) is 22.8 Å². The molecule has 0 saturated heterocycles. The lowest BCUT2D eigenvalue weighted by Crippen LogP contribution is -2.51. The van der Waals surface area contributed by atoms with Crippen molar-refractivity contribution in [3.05, 3.63) is 0 Å². The Balaban J connectivity index is 0. The monoisotopic (exact) mass is 299 g/mol. The van der Waals surface area contributed by atoms with Crippen molar-refractivity contribution in [2.75, 3.05) is 0 Å². The molecule has 0 radical (unpaired) electrons. The number of hydrogen-bond acceptors (Lipinski definition) is 3. The van der Waals surface area contributed by atoms with E-state index in [2.05, 4.69) is 5.32 Å². The van der Waals surface area contributed by atoms with E-state index in [4.69, 9.17) is 0 Å². The first-order valence-corrected chi connectivity index (χ1v) is 7.50. The van der Waals surface area contributed by atoms with E-state index >= 15 is 0 Å². The quantitative estimate of drug-likeness (QED) is 0.819. The highest BCUT2D eigenvalue weighted by Crippen LogP contribution is 2.23. The Bertz CT molecular complexity index is 351. The normalized spacial score (nSPS) is 14.3. The second-order valence-electron chi connectivity index (χ2n) is 8.77. The van der Waals surface area contributed by atoms with Gasteiger partial charge < -0.3 is 5.32 Å². The predicted molar refractivity (Wildman–Crippen MR) is 91.6 cm³/mol. The molecule has 3 nitrogen and oxygen atoms in total.